The number of azide groups is 1. The summed E-state index contributed by atoms with van der Waals surface area (Å²) in [6, 6.07) is 8.29. The summed E-state index contributed by atoms with van der Waals surface area (Å²) < 4.78 is 36.5. The van der Waals surface area contributed by atoms with Crippen LogP contribution in [0.3, 0.4) is 0 Å². The standard InChI is InChI=1S/C22H28N7O8P/c1-3-4-12-34-21(31)14(2)27-38(33,37-15-8-6-5-7-9-15)35-13-16-19(30)18(26-28-24)20(36-16)29-11-10-17(23)25-22(29)32/h5-11,14,16,19,30H,3-4,12-13H2,1-2H3,(H,27,33)(H2,23,25,32)/t14-,16+,19+,38?/m0/s1. The van der Waals surface area contributed by atoms with Gasteiger partial charge in [-0.05, 0) is 37.1 Å². The fourth-order valence-electron chi connectivity index (χ4n) is 3.21. The summed E-state index contributed by atoms with van der Waals surface area (Å²) in [6.45, 7) is 3.00. The Labute approximate surface area is 217 Å². The van der Waals surface area contributed by atoms with Gasteiger partial charge >= 0.3 is 19.4 Å². The predicted octanol–water partition coefficient (Wildman–Crippen LogP) is 2.55. The highest BCUT2D eigenvalue weighted by molar-refractivity contribution is 7.52. The van der Waals surface area contributed by atoms with E-state index < -0.39 is 44.3 Å². The van der Waals surface area contributed by atoms with Gasteiger partial charge in [0.1, 0.15) is 29.4 Å². The van der Waals surface area contributed by atoms with Crippen molar-refractivity contribution in [1.82, 2.24) is 14.6 Å². The fourth-order valence-corrected chi connectivity index (χ4v) is 4.71. The molecule has 2 heterocycles. The molecule has 1 aromatic heterocycles. The number of esters is 1. The van der Waals surface area contributed by atoms with E-state index >= 15 is 0 Å². The largest absolute Gasteiger partial charge is 0.469 e. The number of anilines is 1. The summed E-state index contributed by atoms with van der Waals surface area (Å²) >= 11 is 0. The smallest absolute Gasteiger partial charge is 0.459 e. The minimum Gasteiger partial charge on any atom is -0.469 e. The molecule has 0 saturated carbocycles. The summed E-state index contributed by atoms with van der Waals surface area (Å²) in [7, 11) is -4.27. The molecule has 0 saturated heterocycles. The average molecular weight is 549 g/mol. The maximum absolute atomic E-state index is 13.7. The van der Waals surface area contributed by atoms with Gasteiger partial charge in [0.15, 0.2) is 6.10 Å². The number of nitrogens with zero attached hydrogens (tertiary/aromatic N) is 5. The zero-order valence-corrected chi connectivity index (χ0v) is 21.6. The Morgan fingerprint density at radius 1 is 1.39 bits per heavy atom. The first-order valence-corrected chi connectivity index (χ1v) is 13.1. The first-order valence-electron chi connectivity index (χ1n) is 11.6. The van der Waals surface area contributed by atoms with Gasteiger partial charge in [0.25, 0.3) is 0 Å². The van der Waals surface area contributed by atoms with Crippen molar-refractivity contribution in [3.05, 3.63) is 69.2 Å². The highest BCUT2D eigenvalue weighted by atomic mass is 31.2. The number of carbonyl (C=O) groups excluding carboxylic acids is 1. The second-order valence-corrected chi connectivity index (χ2v) is 9.75. The van der Waals surface area contributed by atoms with Gasteiger partial charge in [-0.15, -0.1) is 0 Å². The predicted molar refractivity (Wildman–Crippen MR) is 135 cm³/mol. The van der Waals surface area contributed by atoms with Crippen molar-refractivity contribution in [2.45, 2.75) is 44.9 Å². The number of aliphatic hydroxyl groups is 1. The third-order valence-electron chi connectivity index (χ3n) is 5.14. The van der Waals surface area contributed by atoms with Crippen LogP contribution in [0.1, 0.15) is 26.7 Å². The Kier molecular flexibility index (Phi) is 9.88. The van der Waals surface area contributed by atoms with E-state index in [1.807, 2.05) is 6.92 Å². The van der Waals surface area contributed by atoms with Crippen molar-refractivity contribution in [3.63, 3.8) is 0 Å². The van der Waals surface area contributed by atoms with Gasteiger partial charge in [-0.1, -0.05) is 36.7 Å². The minimum absolute atomic E-state index is 0.0528. The number of para-hydroxylation sites is 1. The normalized spacial score (nSPS) is 19.1. The number of unbranched alkanes of at least 4 members (excludes halogenated alkanes) is 1. The molecular formula is C22H28N7O8P. The molecule has 0 fully saturated rings. The molecule has 1 aliphatic rings. The van der Waals surface area contributed by atoms with Gasteiger partial charge in [0, 0.05) is 11.1 Å². The van der Waals surface area contributed by atoms with Crippen molar-refractivity contribution < 1.29 is 33.0 Å². The number of carbonyl (C=O) groups is 1. The van der Waals surface area contributed by atoms with Crippen molar-refractivity contribution >= 4 is 25.4 Å². The lowest BCUT2D eigenvalue weighted by molar-refractivity contribution is -0.145. The Morgan fingerprint density at radius 2 is 2.13 bits per heavy atom. The van der Waals surface area contributed by atoms with Crippen LogP contribution in [0.25, 0.3) is 16.3 Å². The van der Waals surface area contributed by atoms with Crippen LogP contribution in [0.2, 0.25) is 0 Å². The molecule has 0 aliphatic carbocycles. The maximum Gasteiger partial charge on any atom is 0.459 e. The molecule has 1 unspecified atom stereocenters. The lowest BCUT2D eigenvalue weighted by atomic mass is 10.2. The number of nitrogens with two attached hydrogens (primary N) is 1. The molecule has 0 amide bonds. The SMILES string of the molecule is CCCCOC(=O)[C@H](C)NP(=O)(OC[C@H]1OC(n2ccc(N)nc2=O)=C(N=[N+]=[N-])[C@@H]1O)Oc1ccccc1. The number of rotatable bonds is 13. The molecule has 15 nitrogen and oxygen atoms in total. The topological polar surface area (TPSA) is 213 Å². The van der Waals surface area contributed by atoms with Gasteiger partial charge in [0.2, 0.25) is 5.88 Å². The average Bonchev–Trinajstić information content (AvgIpc) is 3.18. The first kappa shape index (κ1) is 28.7. The van der Waals surface area contributed by atoms with Crippen LogP contribution in [0, 0.1) is 0 Å². The molecule has 38 heavy (non-hydrogen) atoms. The van der Waals surface area contributed by atoms with Crippen molar-refractivity contribution in [3.8, 4) is 5.75 Å². The maximum atomic E-state index is 13.7. The number of hydrogen-bond donors (Lipinski definition) is 3. The van der Waals surface area contributed by atoms with E-state index in [1.54, 1.807) is 18.2 Å². The van der Waals surface area contributed by atoms with Crippen molar-refractivity contribution in [2.24, 2.45) is 5.11 Å². The van der Waals surface area contributed by atoms with E-state index in [-0.39, 0.29) is 29.8 Å². The third kappa shape index (κ3) is 7.34. The highest BCUT2D eigenvalue weighted by Crippen LogP contribution is 2.46. The van der Waals surface area contributed by atoms with Crippen molar-refractivity contribution in [2.75, 3.05) is 18.9 Å². The lowest BCUT2D eigenvalue weighted by Crippen LogP contribution is -2.36. The second-order valence-electron chi connectivity index (χ2n) is 8.06. The zero-order valence-electron chi connectivity index (χ0n) is 20.7. The van der Waals surface area contributed by atoms with Crippen LogP contribution >= 0.6 is 7.75 Å². The number of benzene rings is 1. The van der Waals surface area contributed by atoms with Gasteiger partial charge in [-0.3, -0.25) is 9.32 Å². The summed E-state index contributed by atoms with van der Waals surface area (Å²) in [5.41, 5.74) is 13.3. The molecule has 0 bridgehead atoms. The summed E-state index contributed by atoms with van der Waals surface area (Å²) in [5.74, 6) is -0.846. The van der Waals surface area contributed by atoms with Crippen LogP contribution in [-0.4, -0.2) is 52.1 Å². The van der Waals surface area contributed by atoms with Crippen LogP contribution in [0.15, 0.2) is 58.2 Å². The number of ether oxygens (including phenoxy) is 2. The molecule has 3 rings (SSSR count). The molecule has 2 aromatic rings. The molecule has 0 radical (unpaired) electrons. The van der Waals surface area contributed by atoms with E-state index in [9.17, 15) is 19.3 Å². The second kappa shape index (κ2) is 13.1. The van der Waals surface area contributed by atoms with Crippen LogP contribution in [-0.2, 0) is 23.4 Å². The van der Waals surface area contributed by atoms with Gasteiger partial charge < -0.3 is 24.8 Å². The van der Waals surface area contributed by atoms with Gasteiger partial charge in [-0.25, -0.2) is 13.9 Å². The zero-order chi connectivity index (χ0) is 27.7. The van der Waals surface area contributed by atoms with Gasteiger partial charge in [-0.2, -0.15) is 10.1 Å². The van der Waals surface area contributed by atoms with Crippen LogP contribution in [0.4, 0.5) is 5.82 Å². The molecule has 4 N–H and O–H groups in total. The van der Waals surface area contributed by atoms with E-state index in [4.69, 9.17) is 29.8 Å². The number of aromatic nitrogens is 2. The number of hydrogen-bond acceptors (Lipinski definition) is 11. The minimum atomic E-state index is -4.27. The molecule has 1 aromatic carbocycles. The molecule has 0 spiro atoms. The lowest BCUT2D eigenvalue weighted by Gasteiger charge is -2.25. The molecular weight excluding hydrogens is 521 g/mol. The fraction of sp³-hybridized carbons (Fsp3) is 0.409. The molecule has 204 valence electrons. The number of nitrogen functional groups attached to an aromatic ring is 1. The van der Waals surface area contributed by atoms with E-state index in [1.165, 1.54) is 31.3 Å². The third-order valence-corrected chi connectivity index (χ3v) is 6.78. The Morgan fingerprint density at radius 3 is 2.79 bits per heavy atom. The van der Waals surface area contributed by atoms with Crippen molar-refractivity contribution in [1.29, 1.82) is 0 Å². The van der Waals surface area contributed by atoms with E-state index in [2.05, 4.69) is 20.1 Å². The monoisotopic (exact) mass is 549 g/mol. The van der Waals surface area contributed by atoms with E-state index in [0.717, 1.165) is 11.0 Å². The summed E-state index contributed by atoms with van der Waals surface area (Å²) in [6.07, 6.45) is -0.147. The molecule has 16 heteroatoms. The Bertz CT molecular complexity index is 1310. The number of nitrogens with one attached hydrogen (secondary N) is 1. The van der Waals surface area contributed by atoms with Crippen LogP contribution < -0.4 is 21.0 Å². The molecule has 1 aliphatic heterocycles. The first-order chi connectivity index (χ1) is 18.2. The quantitative estimate of drug-likeness (QED) is 0.0824. The number of aliphatic hydroxyl groups excluding tert-OH is 1. The molecule has 4 atom stereocenters. The van der Waals surface area contributed by atoms with E-state index in [0.29, 0.717) is 6.42 Å². The summed E-state index contributed by atoms with van der Waals surface area (Å²) in [4.78, 5) is 30.9. The highest BCUT2D eigenvalue weighted by Gasteiger charge is 2.40. The van der Waals surface area contributed by atoms with Crippen LogP contribution in [0.5, 0.6) is 5.75 Å². The van der Waals surface area contributed by atoms with Gasteiger partial charge in [0.05, 0.1) is 13.2 Å². The Hall–Kier alpha value is -3.87. The summed E-state index contributed by atoms with van der Waals surface area (Å²) in [5, 5.41) is 16.7. The Balaban J connectivity index is 1.79.